The highest BCUT2D eigenvalue weighted by atomic mass is 19.4. The van der Waals surface area contributed by atoms with Crippen LogP contribution in [0.15, 0.2) is 60.6 Å². The Morgan fingerprint density at radius 3 is 2.68 bits per heavy atom. The van der Waals surface area contributed by atoms with Crippen LogP contribution in [0.5, 0.6) is 5.75 Å². The van der Waals surface area contributed by atoms with E-state index in [4.69, 9.17) is 4.74 Å². The average Bonchev–Trinajstić information content (AvgIpc) is 3.30. The molecule has 6 nitrogen and oxygen atoms in total. The summed E-state index contributed by atoms with van der Waals surface area (Å²) in [6, 6.07) is 5.94. The first-order chi connectivity index (χ1) is 17.9. The van der Waals surface area contributed by atoms with Crippen LogP contribution in [0, 0.1) is 5.92 Å². The molecule has 0 spiro atoms. The fourth-order valence-electron chi connectivity index (χ4n) is 4.40. The summed E-state index contributed by atoms with van der Waals surface area (Å²) in [5.41, 5.74) is 2.40. The molecule has 198 valence electrons. The van der Waals surface area contributed by atoms with Crippen molar-refractivity contribution in [1.29, 1.82) is 0 Å². The SMILES string of the molecule is CCN(CC)CCCOc1cnc2[nH]cc(Cc3ccc(NCC4C=CC(C(F)(F)F)=CC4)nc3)c2c1. The Kier molecular flexibility index (Phi) is 8.87. The number of alkyl halides is 3. The van der Waals surface area contributed by atoms with Crippen molar-refractivity contribution in [1.82, 2.24) is 19.9 Å². The van der Waals surface area contributed by atoms with Crippen molar-refractivity contribution in [3.63, 3.8) is 0 Å². The highest BCUT2D eigenvalue weighted by Gasteiger charge is 2.32. The molecule has 37 heavy (non-hydrogen) atoms. The molecule has 2 N–H and O–H groups in total. The molecule has 0 fully saturated rings. The summed E-state index contributed by atoms with van der Waals surface area (Å²) in [4.78, 5) is 14.6. The number of hydrogen-bond donors (Lipinski definition) is 2. The molecule has 3 aromatic rings. The van der Waals surface area contributed by atoms with Crippen molar-refractivity contribution >= 4 is 16.9 Å². The summed E-state index contributed by atoms with van der Waals surface area (Å²) in [5.74, 6) is 1.46. The van der Waals surface area contributed by atoms with Gasteiger partial charge in [0.1, 0.15) is 17.2 Å². The van der Waals surface area contributed by atoms with Gasteiger partial charge in [0.15, 0.2) is 0 Å². The first kappa shape index (κ1) is 26.7. The first-order valence-electron chi connectivity index (χ1n) is 12.8. The second kappa shape index (κ2) is 12.3. The molecule has 3 heterocycles. The van der Waals surface area contributed by atoms with E-state index in [0.29, 0.717) is 31.8 Å². The number of fused-ring (bicyclic) bond motifs is 1. The van der Waals surface area contributed by atoms with Crippen LogP contribution in [-0.4, -0.2) is 58.8 Å². The number of rotatable bonds is 12. The highest BCUT2D eigenvalue weighted by molar-refractivity contribution is 5.81. The van der Waals surface area contributed by atoms with E-state index in [1.807, 2.05) is 30.6 Å². The van der Waals surface area contributed by atoms with Crippen LogP contribution in [0.3, 0.4) is 0 Å². The topological polar surface area (TPSA) is 66.1 Å². The molecule has 1 unspecified atom stereocenters. The van der Waals surface area contributed by atoms with E-state index >= 15 is 0 Å². The maximum atomic E-state index is 12.7. The van der Waals surface area contributed by atoms with E-state index in [0.717, 1.165) is 60.0 Å². The van der Waals surface area contributed by atoms with Crippen LogP contribution < -0.4 is 10.1 Å². The predicted octanol–water partition coefficient (Wildman–Crippen LogP) is 6.14. The Morgan fingerprint density at radius 2 is 2.00 bits per heavy atom. The van der Waals surface area contributed by atoms with Gasteiger partial charge in [0.25, 0.3) is 0 Å². The van der Waals surface area contributed by atoms with Crippen molar-refractivity contribution in [3.05, 3.63) is 71.7 Å². The minimum Gasteiger partial charge on any atom is -0.492 e. The summed E-state index contributed by atoms with van der Waals surface area (Å²) >= 11 is 0. The zero-order valence-corrected chi connectivity index (χ0v) is 21.3. The second-order valence-corrected chi connectivity index (χ2v) is 9.23. The largest absolute Gasteiger partial charge is 0.492 e. The van der Waals surface area contributed by atoms with Crippen molar-refractivity contribution in [2.75, 3.05) is 38.1 Å². The number of hydrogen-bond acceptors (Lipinski definition) is 5. The maximum absolute atomic E-state index is 12.7. The molecule has 0 aliphatic heterocycles. The van der Waals surface area contributed by atoms with Crippen LogP contribution in [0.1, 0.15) is 37.8 Å². The average molecular weight is 514 g/mol. The van der Waals surface area contributed by atoms with Crippen LogP contribution in [0.4, 0.5) is 19.0 Å². The highest BCUT2D eigenvalue weighted by Crippen LogP contribution is 2.31. The molecule has 0 saturated carbocycles. The number of aromatic amines is 1. The van der Waals surface area contributed by atoms with Crippen LogP contribution in [0.2, 0.25) is 0 Å². The van der Waals surface area contributed by atoms with Crippen molar-refractivity contribution in [2.24, 2.45) is 5.92 Å². The number of halogens is 3. The Morgan fingerprint density at radius 1 is 1.16 bits per heavy atom. The van der Waals surface area contributed by atoms with Gasteiger partial charge in [-0.3, -0.25) is 0 Å². The number of pyridine rings is 2. The summed E-state index contributed by atoms with van der Waals surface area (Å²) in [6.07, 6.45) is 7.28. The minimum atomic E-state index is -4.28. The second-order valence-electron chi connectivity index (χ2n) is 9.23. The van der Waals surface area contributed by atoms with Gasteiger partial charge in [-0.25, -0.2) is 9.97 Å². The van der Waals surface area contributed by atoms with E-state index in [1.54, 1.807) is 12.3 Å². The molecular formula is C28H34F3N5O. The lowest BCUT2D eigenvalue weighted by molar-refractivity contribution is -0.0887. The van der Waals surface area contributed by atoms with E-state index < -0.39 is 11.7 Å². The van der Waals surface area contributed by atoms with Gasteiger partial charge in [-0.05, 0) is 55.1 Å². The smallest absolute Gasteiger partial charge is 0.416 e. The van der Waals surface area contributed by atoms with Gasteiger partial charge >= 0.3 is 6.18 Å². The summed E-state index contributed by atoms with van der Waals surface area (Å²) in [5, 5.41) is 4.25. The van der Waals surface area contributed by atoms with Gasteiger partial charge < -0.3 is 19.9 Å². The van der Waals surface area contributed by atoms with Gasteiger partial charge in [-0.15, -0.1) is 0 Å². The molecule has 0 aromatic carbocycles. The lowest BCUT2D eigenvalue weighted by atomic mass is 9.96. The van der Waals surface area contributed by atoms with Gasteiger partial charge in [0.2, 0.25) is 0 Å². The van der Waals surface area contributed by atoms with E-state index in [1.165, 1.54) is 6.08 Å². The Hall–Kier alpha value is -3.33. The van der Waals surface area contributed by atoms with Crippen molar-refractivity contribution in [3.8, 4) is 5.75 Å². The molecule has 1 atom stereocenters. The maximum Gasteiger partial charge on any atom is 0.416 e. The fraction of sp³-hybridized carbons (Fsp3) is 0.429. The molecule has 1 aliphatic rings. The van der Waals surface area contributed by atoms with Crippen molar-refractivity contribution < 1.29 is 17.9 Å². The zero-order valence-electron chi connectivity index (χ0n) is 21.3. The number of nitrogens with one attached hydrogen (secondary N) is 2. The fourth-order valence-corrected chi connectivity index (χ4v) is 4.40. The predicted molar refractivity (Wildman–Crippen MR) is 141 cm³/mol. The normalized spacial score (nSPS) is 15.8. The molecule has 0 bridgehead atoms. The molecular weight excluding hydrogens is 479 g/mol. The zero-order chi connectivity index (χ0) is 26.3. The number of H-pyrrole nitrogens is 1. The van der Waals surface area contributed by atoms with Gasteiger partial charge in [0, 0.05) is 37.3 Å². The van der Waals surface area contributed by atoms with Crippen molar-refractivity contribution in [2.45, 2.75) is 39.3 Å². The number of nitrogens with zero attached hydrogens (tertiary/aromatic N) is 3. The number of ether oxygens (including phenoxy) is 1. The lowest BCUT2D eigenvalue weighted by Crippen LogP contribution is -2.25. The number of anilines is 1. The molecule has 0 amide bonds. The Labute approximate surface area is 215 Å². The van der Waals surface area contributed by atoms with Crippen LogP contribution >= 0.6 is 0 Å². The first-order valence-corrected chi connectivity index (χ1v) is 12.8. The van der Waals surface area contributed by atoms with E-state index in [2.05, 4.69) is 39.0 Å². The summed E-state index contributed by atoms with van der Waals surface area (Å²) in [6.45, 7) is 8.62. The molecule has 4 rings (SSSR count). The standard InChI is InChI=1S/C28H34F3N5O/c1-3-36(4-2)12-5-13-37-24-15-25-22(18-34-27(25)35-19-24)14-21-8-11-26(33-17-21)32-16-20-6-9-23(10-7-20)28(29,30)31/h6,8-11,15,17-20H,3-5,7,12-14,16H2,1-2H3,(H,32,33)(H,34,35). The molecule has 3 aromatic heterocycles. The third kappa shape index (κ3) is 7.35. The summed E-state index contributed by atoms with van der Waals surface area (Å²) in [7, 11) is 0. The summed E-state index contributed by atoms with van der Waals surface area (Å²) < 4.78 is 44.2. The van der Waals surface area contributed by atoms with E-state index in [9.17, 15) is 13.2 Å². The number of allylic oxidation sites excluding steroid dienone is 3. The third-order valence-electron chi connectivity index (χ3n) is 6.65. The van der Waals surface area contributed by atoms with Gasteiger partial charge in [0.05, 0.1) is 18.4 Å². The molecule has 0 saturated heterocycles. The Bertz CT molecular complexity index is 1210. The third-order valence-corrected chi connectivity index (χ3v) is 6.65. The molecule has 1 aliphatic carbocycles. The van der Waals surface area contributed by atoms with E-state index in [-0.39, 0.29) is 5.92 Å². The van der Waals surface area contributed by atoms with Gasteiger partial charge in [-0.1, -0.05) is 38.1 Å². The van der Waals surface area contributed by atoms with Gasteiger partial charge in [-0.2, -0.15) is 13.2 Å². The van der Waals surface area contributed by atoms with Crippen LogP contribution in [0.25, 0.3) is 11.0 Å². The lowest BCUT2D eigenvalue weighted by Gasteiger charge is -2.18. The monoisotopic (exact) mass is 513 g/mol. The Balaban J connectivity index is 1.29. The molecule has 9 heteroatoms. The molecule has 0 radical (unpaired) electrons. The quantitative estimate of drug-likeness (QED) is 0.285. The van der Waals surface area contributed by atoms with Crippen LogP contribution in [-0.2, 0) is 6.42 Å². The minimum absolute atomic E-state index is 0.0000575. The number of aromatic nitrogens is 3.